The summed E-state index contributed by atoms with van der Waals surface area (Å²) in [5, 5.41) is 3.28. The van der Waals surface area contributed by atoms with E-state index in [2.05, 4.69) is 15.3 Å². The van der Waals surface area contributed by atoms with Crippen molar-refractivity contribution in [2.45, 2.75) is 13.1 Å². The van der Waals surface area contributed by atoms with Crippen LogP contribution in [-0.2, 0) is 17.9 Å². The second-order valence-corrected chi connectivity index (χ2v) is 4.20. The number of primary amides is 1. The molecule has 0 unspecified atom stereocenters. The predicted octanol–water partition coefficient (Wildman–Crippen LogP) is 0.630. The fourth-order valence-electron chi connectivity index (χ4n) is 1.62. The van der Waals surface area contributed by atoms with E-state index in [1.807, 2.05) is 30.3 Å². The van der Waals surface area contributed by atoms with Crippen LogP contribution in [-0.4, -0.2) is 22.5 Å². The molecule has 0 saturated heterocycles. The van der Waals surface area contributed by atoms with Crippen molar-refractivity contribution in [1.29, 1.82) is 0 Å². The summed E-state index contributed by atoms with van der Waals surface area (Å²) in [6.45, 7) is 1.30. The molecule has 0 spiro atoms. The zero-order valence-electron chi connectivity index (χ0n) is 11.0. The van der Waals surface area contributed by atoms with Crippen molar-refractivity contribution in [2.75, 3.05) is 6.61 Å². The van der Waals surface area contributed by atoms with Gasteiger partial charge >= 0.3 is 0 Å². The van der Waals surface area contributed by atoms with E-state index in [1.165, 1.54) is 6.33 Å². The number of rotatable bonds is 7. The number of nitrogens with two attached hydrogens (primary N) is 1. The summed E-state index contributed by atoms with van der Waals surface area (Å²) in [6.07, 6.45) is 3.25. The van der Waals surface area contributed by atoms with Crippen molar-refractivity contribution in [3.63, 3.8) is 0 Å². The average molecular weight is 272 g/mol. The normalized spacial score (nSPS) is 10.2. The summed E-state index contributed by atoms with van der Waals surface area (Å²) in [7, 11) is 0. The zero-order chi connectivity index (χ0) is 14.2. The lowest BCUT2D eigenvalue weighted by molar-refractivity contribution is -0.119. The molecule has 0 bridgehead atoms. The van der Waals surface area contributed by atoms with Crippen molar-refractivity contribution < 1.29 is 9.53 Å². The van der Waals surface area contributed by atoms with Gasteiger partial charge in [-0.2, -0.15) is 0 Å². The summed E-state index contributed by atoms with van der Waals surface area (Å²) in [5.41, 5.74) is 7.07. The van der Waals surface area contributed by atoms with Gasteiger partial charge in [0, 0.05) is 19.3 Å². The van der Waals surface area contributed by atoms with Crippen molar-refractivity contribution in [1.82, 2.24) is 15.3 Å². The smallest absolute Gasteiger partial charge is 0.255 e. The van der Waals surface area contributed by atoms with Gasteiger partial charge < -0.3 is 15.8 Å². The second-order valence-electron chi connectivity index (χ2n) is 4.20. The van der Waals surface area contributed by atoms with E-state index in [-0.39, 0.29) is 6.61 Å². The Hall–Kier alpha value is -2.47. The zero-order valence-corrected chi connectivity index (χ0v) is 11.0. The molecule has 0 aliphatic carbocycles. The van der Waals surface area contributed by atoms with Crippen LogP contribution in [0.2, 0.25) is 0 Å². The summed E-state index contributed by atoms with van der Waals surface area (Å²) in [6, 6.07) is 9.36. The molecule has 0 aliphatic heterocycles. The highest BCUT2D eigenvalue weighted by molar-refractivity contribution is 5.75. The molecule has 1 aromatic carbocycles. The highest BCUT2D eigenvalue weighted by Crippen LogP contribution is 2.11. The number of nitrogens with one attached hydrogen (secondary N) is 1. The fraction of sp³-hybridized carbons (Fsp3) is 0.214. The first-order valence-corrected chi connectivity index (χ1v) is 6.19. The summed E-state index contributed by atoms with van der Waals surface area (Å²) in [4.78, 5) is 18.6. The number of carbonyl (C=O) groups is 1. The average Bonchev–Trinajstić information content (AvgIpc) is 2.47. The van der Waals surface area contributed by atoms with Crippen LogP contribution in [0.4, 0.5) is 0 Å². The van der Waals surface area contributed by atoms with Gasteiger partial charge in [0.25, 0.3) is 5.91 Å². The molecule has 6 nitrogen and oxygen atoms in total. The molecule has 20 heavy (non-hydrogen) atoms. The first kappa shape index (κ1) is 14.0. The van der Waals surface area contributed by atoms with E-state index < -0.39 is 5.91 Å². The Morgan fingerprint density at radius 1 is 1.20 bits per heavy atom. The first-order chi connectivity index (χ1) is 9.74. The standard InChI is InChI=1S/C14H16N4O2/c15-14(19)9-20-13-3-1-11(2-4-13)7-17-8-12-5-6-16-10-18-12/h1-6,10,17H,7-9H2,(H2,15,19). The Balaban J connectivity index is 1.77. The number of amides is 1. The lowest BCUT2D eigenvalue weighted by Crippen LogP contribution is -2.20. The van der Waals surface area contributed by atoms with Gasteiger partial charge in [-0.1, -0.05) is 12.1 Å². The van der Waals surface area contributed by atoms with Crippen LogP contribution in [0.25, 0.3) is 0 Å². The molecule has 0 radical (unpaired) electrons. The van der Waals surface area contributed by atoms with Crippen molar-refractivity contribution >= 4 is 5.91 Å². The topological polar surface area (TPSA) is 90.1 Å². The lowest BCUT2D eigenvalue weighted by Gasteiger charge is -2.06. The fourth-order valence-corrected chi connectivity index (χ4v) is 1.62. The van der Waals surface area contributed by atoms with Crippen LogP contribution in [0.1, 0.15) is 11.3 Å². The lowest BCUT2D eigenvalue weighted by atomic mass is 10.2. The molecule has 1 aromatic heterocycles. The molecule has 6 heteroatoms. The van der Waals surface area contributed by atoms with Crippen LogP contribution >= 0.6 is 0 Å². The van der Waals surface area contributed by atoms with Crippen molar-refractivity contribution in [3.05, 3.63) is 54.1 Å². The monoisotopic (exact) mass is 272 g/mol. The van der Waals surface area contributed by atoms with Gasteiger partial charge in [-0.05, 0) is 23.8 Å². The molecule has 2 rings (SSSR count). The Bertz CT molecular complexity index is 543. The van der Waals surface area contributed by atoms with Crippen LogP contribution in [0.15, 0.2) is 42.9 Å². The number of benzene rings is 1. The van der Waals surface area contributed by atoms with Gasteiger partial charge in [-0.15, -0.1) is 0 Å². The van der Waals surface area contributed by atoms with Crippen LogP contribution < -0.4 is 15.8 Å². The molecular formula is C14H16N4O2. The number of ether oxygens (including phenoxy) is 1. The third-order valence-electron chi connectivity index (χ3n) is 2.58. The molecule has 3 N–H and O–H groups in total. The molecule has 1 heterocycles. The number of hydrogen-bond acceptors (Lipinski definition) is 5. The van der Waals surface area contributed by atoms with Crippen molar-refractivity contribution in [3.8, 4) is 5.75 Å². The van der Waals surface area contributed by atoms with E-state index in [4.69, 9.17) is 10.5 Å². The van der Waals surface area contributed by atoms with Crippen LogP contribution in [0, 0.1) is 0 Å². The van der Waals surface area contributed by atoms with Gasteiger partial charge in [-0.3, -0.25) is 4.79 Å². The minimum Gasteiger partial charge on any atom is -0.484 e. The summed E-state index contributed by atoms with van der Waals surface area (Å²) in [5.74, 6) is 0.143. The van der Waals surface area contributed by atoms with Crippen molar-refractivity contribution in [2.24, 2.45) is 5.73 Å². The Labute approximate surface area is 117 Å². The molecule has 0 atom stereocenters. The Morgan fingerprint density at radius 3 is 2.65 bits per heavy atom. The van der Waals surface area contributed by atoms with Crippen LogP contribution in [0.3, 0.4) is 0 Å². The molecule has 2 aromatic rings. The molecule has 0 saturated carbocycles. The van der Waals surface area contributed by atoms with Gasteiger partial charge in [0.2, 0.25) is 0 Å². The van der Waals surface area contributed by atoms with Crippen LogP contribution in [0.5, 0.6) is 5.75 Å². The van der Waals surface area contributed by atoms with E-state index in [0.717, 1.165) is 17.8 Å². The Morgan fingerprint density at radius 2 is 2.00 bits per heavy atom. The maximum Gasteiger partial charge on any atom is 0.255 e. The molecule has 0 aliphatic rings. The van der Waals surface area contributed by atoms with Gasteiger partial charge in [0.05, 0.1) is 5.69 Å². The molecule has 0 fully saturated rings. The minimum absolute atomic E-state index is 0.106. The van der Waals surface area contributed by atoms with E-state index >= 15 is 0 Å². The van der Waals surface area contributed by atoms with E-state index in [0.29, 0.717) is 12.3 Å². The minimum atomic E-state index is -0.486. The maximum atomic E-state index is 10.6. The number of carbonyl (C=O) groups excluding carboxylic acids is 1. The Kier molecular flexibility index (Phi) is 5.02. The summed E-state index contributed by atoms with van der Waals surface area (Å²) >= 11 is 0. The van der Waals surface area contributed by atoms with Gasteiger partial charge in [0.15, 0.2) is 6.61 Å². The summed E-state index contributed by atoms with van der Waals surface area (Å²) < 4.78 is 5.18. The predicted molar refractivity (Wildman–Crippen MR) is 73.7 cm³/mol. The highest BCUT2D eigenvalue weighted by Gasteiger charge is 1.99. The van der Waals surface area contributed by atoms with Gasteiger partial charge in [-0.25, -0.2) is 9.97 Å². The first-order valence-electron chi connectivity index (χ1n) is 6.19. The number of nitrogens with zero attached hydrogens (tertiary/aromatic N) is 2. The molecule has 104 valence electrons. The van der Waals surface area contributed by atoms with E-state index in [9.17, 15) is 4.79 Å². The quantitative estimate of drug-likeness (QED) is 0.771. The van der Waals surface area contributed by atoms with E-state index in [1.54, 1.807) is 6.20 Å². The SMILES string of the molecule is NC(=O)COc1ccc(CNCc2ccncn2)cc1. The van der Waals surface area contributed by atoms with Gasteiger partial charge in [0.1, 0.15) is 12.1 Å². The maximum absolute atomic E-state index is 10.6. The third-order valence-corrected chi connectivity index (χ3v) is 2.58. The second kappa shape index (κ2) is 7.20. The molecular weight excluding hydrogens is 256 g/mol. The highest BCUT2D eigenvalue weighted by atomic mass is 16.5. The number of aromatic nitrogens is 2. The third kappa shape index (κ3) is 4.66. The molecule has 1 amide bonds. The number of hydrogen-bond donors (Lipinski definition) is 2. The largest absolute Gasteiger partial charge is 0.484 e.